The Morgan fingerprint density at radius 2 is 1.86 bits per heavy atom. The van der Waals surface area contributed by atoms with Crippen molar-refractivity contribution in [3.05, 3.63) is 35.9 Å². The van der Waals surface area contributed by atoms with E-state index in [1.54, 1.807) is 7.11 Å². The Balaban J connectivity index is 2.16. The largest absolute Gasteiger partial charge is 0.481 e. The minimum absolute atomic E-state index is 0.557. The molecular weight excluding hydrogens is 276 g/mol. The first-order valence-corrected chi connectivity index (χ1v) is 7.85. The number of hydrogen-bond acceptors (Lipinski definition) is 4. The molecule has 120 valence electrons. The second-order valence-corrected chi connectivity index (χ2v) is 5.22. The highest BCUT2D eigenvalue weighted by Gasteiger charge is 2.11. The lowest BCUT2D eigenvalue weighted by atomic mass is 10.1. The van der Waals surface area contributed by atoms with Gasteiger partial charge in [0.1, 0.15) is 0 Å². The molecule has 0 bridgehead atoms. The number of aromatic nitrogens is 2. The van der Waals surface area contributed by atoms with Crippen LogP contribution in [0.5, 0.6) is 5.88 Å². The van der Waals surface area contributed by atoms with Gasteiger partial charge in [-0.15, -0.1) is 0 Å². The lowest BCUT2D eigenvalue weighted by molar-refractivity contribution is 0.272. The highest BCUT2D eigenvalue weighted by molar-refractivity contribution is 5.60. The summed E-state index contributed by atoms with van der Waals surface area (Å²) in [4.78, 5) is 2.37. The van der Waals surface area contributed by atoms with Crippen LogP contribution in [0.25, 0.3) is 11.3 Å². The molecule has 0 saturated heterocycles. The van der Waals surface area contributed by atoms with E-state index in [2.05, 4.69) is 36.0 Å². The van der Waals surface area contributed by atoms with E-state index >= 15 is 0 Å². The van der Waals surface area contributed by atoms with E-state index in [1.165, 1.54) is 0 Å². The molecule has 22 heavy (non-hydrogen) atoms. The summed E-state index contributed by atoms with van der Waals surface area (Å²) in [6.07, 6.45) is 0. The summed E-state index contributed by atoms with van der Waals surface area (Å²) in [5, 5.41) is 4.68. The third kappa shape index (κ3) is 3.87. The zero-order chi connectivity index (χ0) is 15.9. The quantitative estimate of drug-likeness (QED) is 0.813. The van der Waals surface area contributed by atoms with Gasteiger partial charge in [0, 0.05) is 24.7 Å². The summed E-state index contributed by atoms with van der Waals surface area (Å²) in [5.41, 5.74) is 8.77. The lowest BCUT2D eigenvalue weighted by Gasteiger charge is -2.18. The Bertz CT molecular complexity index is 573. The van der Waals surface area contributed by atoms with Crippen molar-refractivity contribution in [1.29, 1.82) is 0 Å². The average Bonchev–Trinajstić information content (AvgIpc) is 2.99. The van der Waals surface area contributed by atoms with Crippen LogP contribution < -0.4 is 10.5 Å². The Morgan fingerprint density at radius 3 is 2.41 bits per heavy atom. The van der Waals surface area contributed by atoms with Crippen LogP contribution in [0, 0.1) is 0 Å². The van der Waals surface area contributed by atoms with Crippen LogP contribution in [0.15, 0.2) is 30.3 Å². The molecule has 0 saturated carbocycles. The van der Waals surface area contributed by atoms with Gasteiger partial charge in [-0.2, -0.15) is 5.10 Å². The summed E-state index contributed by atoms with van der Waals surface area (Å²) < 4.78 is 7.39. The predicted octanol–water partition coefficient (Wildman–Crippen LogP) is 2.36. The monoisotopic (exact) mass is 302 g/mol. The Labute approximate surface area is 132 Å². The first-order valence-electron chi connectivity index (χ1n) is 7.85. The van der Waals surface area contributed by atoms with Crippen LogP contribution >= 0.6 is 0 Å². The van der Waals surface area contributed by atoms with Crippen LogP contribution in [0.3, 0.4) is 0 Å². The summed E-state index contributed by atoms with van der Waals surface area (Å²) >= 11 is 0. The van der Waals surface area contributed by atoms with Crippen LogP contribution in [-0.4, -0.2) is 41.4 Å². The van der Waals surface area contributed by atoms with Crippen LogP contribution in [0.2, 0.25) is 0 Å². The van der Waals surface area contributed by atoms with Crippen LogP contribution in [-0.2, 0) is 13.1 Å². The second kappa shape index (κ2) is 7.96. The fourth-order valence-electron chi connectivity index (χ4n) is 2.45. The number of ether oxygens (including phenoxy) is 1. The SMILES string of the molecule is CCN(CC)CCn1nc(-c2ccc(CN)cc2)cc1OC. The molecule has 1 aromatic heterocycles. The molecule has 5 nitrogen and oxygen atoms in total. The van der Waals surface area contributed by atoms with Crippen LogP contribution in [0.1, 0.15) is 19.4 Å². The maximum absolute atomic E-state index is 5.64. The van der Waals surface area contributed by atoms with E-state index < -0.39 is 0 Å². The minimum Gasteiger partial charge on any atom is -0.481 e. The van der Waals surface area contributed by atoms with Gasteiger partial charge >= 0.3 is 0 Å². The molecule has 0 amide bonds. The number of nitrogens with zero attached hydrogens (tertiary/aromatic N) is 3. The lowest BCUT2D eigenvalue weighted by Crippen LogP contribution is -2.27. The Morgan fingerprint density at radius 1 is 1.18 bits per heavy atom. The zero-order valence-corrected chi connectivity index (χ0v) is 13.7. The molecule has 1 aromatic carbocycles. The molecular formula is C17H26N4O. The number of methoxy groups -OCH3 is 1. The second-order valence-electron chi connectivity index (χ2n) is 5.22. The van der Waals surface area contributed by atoms with E-state index in [0.717, 1.165) is 48.9 Å². The fraction of sp³-hybridized carbons (Fsp3) is 0.471. The van der Waals surface area contributed by atoms with E-state index in [1.807, 2.05) is 22.9 Å². The van der Waals surface area contributed by atoms with Crippen molar-refractivity contribution in [2.45, 2.75) is 26.9 Å². The van der Waals surface area contributed by atoms with E-state index in [4.69, 9.17) is 10.5 Å². The topological polar surface area (TPSA) is 56.3 Å². The standard InChI is InChI=1S/C17H26N4O/c1-4-20(5-2)10-11-21-17(22-3)12-16(19-21)15-8-6-14(13-18)7-9-15/h6-9,12H,4-5,10-11,13,18H2,1-3H3. The summed E-state index contributed by atoms with van der Waals surface area (Å²) in [6, 6.07) is 10.2. The molecule has 0 aliphatic heterocycles. The van der Waals surface area contributed by atoms with E-state index in [-0.39, 0.29) is 0 Å². The molecule has 1 heterocycles. The van der Waals surface area contributed by atoms with Gasteiger partial charge in [-0.05, 0) is 18.7 Å². The van der Waals surface area contributed by atoms with Gasteiger partial charge in [0.15, 0.2) is 0 Å². The smallest absolute Gasteiger partial charge is 0.212 e. The molecule has 2 aromatic rings. The average molecular weight is 302 g/mol. The first-order chi connectivity index (χ1) is 10.7. The normalized spacial score (nSPS) is 11.1. The number of benzene rings is 1. The highest BCUT2D eigenvalue weighted by atomic mass is 16.5. The number of nitrogens with two attached hydrogens (primary N) is 1. The number of hydrogen-bond donors (Lipinski definition) is 1. The molecule has 0 spiro atoms. The van der Waals surface area contributed by atoms with E-state index in [0.29, 0.717) is 6.54 Å². The van der Waals surface area contributed by atoms with Crippen molar-refractivity contribution in [2.75, 3.05) is 26.7 Å². The zero-order valence-electron chi connectivity index (χ0n) is 13.7. The molecule has 2 N–H and O–H groups in total. The molecule has 0 atom stereocenters. The van der Waals surface area contributed by atoms with Gasteiger partial charge in [0.2, 0.25) is 5.88 Å². The van der Waals surface area contributed by atoms with Gasteiger partial charge in [0.05, 0.1) is 19.3 Å². The van der Waals surface area contributed by atoms with Gasteiger partial charge in [-0.3, -0.25) is 0 Å². The highest BCUT2D eigenvalue weighted by Crippen LogP contribution is 2.23. The molecule has 0 unspecified atom stereocenters. The summed E-state index contributed by atoms with van der Waals surface area (Å²) in [5.74, 6) is 0.796. The first kappa shape index (κ1) is 16.5. The maximum atomic E-state index is 5.64. The maximum Gasteiger partial charge on any atom is 0.212 e. The van der Waals surface area contributed by atoms with Gasteiger partial charge in [0.25, 0.3) is 0 Å². The van der Waals surface area contributed by atoms with Crippen molar-refractivity contribution in [1.82, 2.24) is 14.7 Å². The van der Waals surface area contributed by atoms with Crippen molar-refractivity contribution in [3.63, 3.8) is 0 Å². The molecule has 0 radical (unpaired) electrons. The van der Waals surface area contributed by atoms with Crippen molar-refractivity contribution < 1.29 is 4.74 Å². The fourth-order valence-corrected chi connectivity index (χ4v) is 2.45. The molecule has 0 fully saturated rings. The Hall–Kier alpha value is -1.85. The van der Waals surface area contributed by atoms with Gasteiger partial charge in [-0.25, -0.2) is 4.68 Å². The van der Waals surface area contributed by atoms with E-state index in [9.17, 15) is 0 Å². The van der Waals surface area contributed by atoms with Gasteiger partial charge in [-0.1, -0.05) is 38.1 Å². The summed E-state index contributed by atoms with van der Waals surface area (Å²) in [6.45, 7) is 8.80. The predicted molar refractivity (Wildman–Crippen MR) is 89.9 cm³/mol. The third-order valence-electron chi connectivity index (χ3n) is 3.96. The van der Waals surface area contributed by atoms with Crippen molar-refractivity contribution in [3.8, 4) is 17.1 Å². The minimum atomic E-state index is 0.557. The van der Waals surface area contributed by atoms with Crippen molar-refractivity contribution >= 4 is 0 Å². The van der Waals surface area contributed by atoms with Crippen LogP contribution in [0.4, 0.5) is 0 Å². The van der Waals surface area contributed by atoms with Crippen molar-refractivity contribution in [2.24, 2.45) is 5.73 Å². The molecule has 0 aliphatic carbocycles. The molecule has 0 aliphatic rings. The molecule has 5 heteroatoms. The summed E-state index contributed by atoms with van der Waals surface area (Å²) in [7, 11) is 1.69. The molecule has 2 rings (SSSR count). The van der Waals surface area contributed by atoms with Gasteiger partial charge < -0.3 is 15.4 Å². The number of rotatable bonds is 8. The number of likely N-dealkylation sites (N-methyl/N-ethyl adjacent to an activating group) is 1. The Kier molecular flexibility index (Phi) is 5.98. The third-order valence-corrected chi connectivity index (χ3v) is 3.96.